The third kappa shape index (κ3) is 4.74. The number of amides is 1. The van der Waals surface area contributed by atoms with Gasteiger partial charge in [0.15, 0.2) is 5.96 Å². The van der Waals surface area contributed by atoms with Crippen molar-refractivity contribution in [1.29, 1.82) is 0 Å². The van der Waals surface area contributed by atoms with Gasteiger partial charge >= 0.3 is 0 Å². The number of nitrogens with zero attached hydrogens (tertiary/aromatic N) is 4. The van der Waals surface area contributed by atoms with Crippen LogP contribution in [0.1, 0.15) is 5.56 Å². The molecule has 0 aliphatic carbocycles. The molecule has 1 aromatic carbocycles. The third-order valence-corrected chi connectivity index (χ3v) is 4.82. The zero-order valence-electron chi connectivity index (χ0n) is 15.8. The fraction of sp³-hybridized carbons (Fsp3) is 0.579. The molecule has 1 aromatic rings. The molecule has 26 heavy (non-hydrogen) atoms. The van der Waals surface area contributed by atoms with E-state index in [1.165, 1.54) is 11.3 Å². The average molecular weight is 359 g/mol. The first-order valence-electron chi connectivity index (χ1n) is 9.29. The van der Waals surface area contributed by atoms with E-state index >= 15 is 0 Å². The van der Waals surface area contributed by atoms with Crippen LogP contribution in [0, 0.1) is 0 Å². The summed E-state index contributed by atoms with van der Waals surface area (Å²) in [6.07, 6.45) is 1.00. The van der Waals surface area contributed by atoms with Crippen molar-refractivity contribution in [3.05, 3.63) is 29.8 Å². The van der Waals surface area contributed by atoms with Crippen molar-refractivity contribution >= 4 is 17.6 Å². The first kappa shape index (κ1) is 18.7. The topological polar surface area (TPSA) is 60.4 Å². The van der Waals surface area contributed by atoms with Crippen LogP contribution in [0.5, 0.6) is 0 Å². The van der Waals surface area contributed by atoms with Crippen molar-refractivity contribution in [3.63, 3.8) is 0 Å². The molecule has 0 radical (unpaired) electrons. The number of guanidine groups is 1. The number of carbonyl (C=O) groups excluding carboxylic acids is 1. The van der Waals surface area contributed by atoms with E-state index in [0.29, 0.717) is 0 Å². The number of fused-ring (bicyclic) bond motifs is 1. The molecule has 0 atom stereocenters. The molecule has 0 saturated carbocycles. The van der Waals surface area contributed by atoms with E-state index in [9.17, 15) is 4.79 Å². The SMILES string of the molecule is CN(C)C(=O)CN=C(NCCN1CCOCC1)N1CCc2ccccc21. The molecule has 7 heteroatoms. The van der Waals surface area contributed by atoms with Crippen LogP contribution in [0.15, 0.2) is 29.3 Å². The Morgan fingerprint density at radius 1 is 1.23 bits per heavy atom. The van der Waals surface area contributed by atoms with Crippen molar-refractivity contribution in [2.45, 2.75) is 6.42 Å². The summed E-state index contributed by atoms with van der Waals surface area (Å²) >= 11 is 0. The van der Waals surface area contributed by atoms with Gasteiger partial charge in [0.05, 0.1) is 13.2 Å². The quantitative estimate of drug-likeness (QED) is 0.610. The first-order valence-corrected chi connectivity index (χ1v) is 9.29. The highest BCUT2D eigenvalue weighted by atomic mass is 16.5. The molecule has 2 aliphatic rings. The number of nitrogens with one attached hydrogen (secondary N) is 1. The maximum Gasteiger partial charge on any atom is 0.243 e. The number of hydrogen-bond donors (Lipinski definition) is 1. The predicted octanol–water partition coefficient (Wildman–Crippen LogP) is 0.415. The monoisotopic (exact) mass is 359 g/mol. The second-order valence-electron chi connectivity index (χ2n) is 6.84. The van der Waals surface area contributed by atoms with Crippen LogP contribution in [0.25, 0.3) is 0 Å². The molecule has 1 fully saturated rings. The number of likely N-dealkylation sites (N-methyl/N-ethyl adjacent to an activating group) is 1. The summed E-state index contributed by atoms with van der Waals surface area (Å²) in [5.74, 6) is 0.795. The van der Waals surface area contributed by atoms with Gasteiger partial charge in [-0.15, -0.1) is 0 Å². The molecule has 2 heterocycles. The summed E-state index contributed by atoms with van der Waals surface area (Å²) in [6, 6.07) is 8.40. The van der Waals surface area contributed by atoms with Crippen LogP contribution >= 0.6 is 0 Å². The van der Waals surface area contributed by atoms with Gasteiger partial charge in [-0.2, -0.15) is 0 Å². The zero-order valence-corrected chi connectivity index (χ0v) is 15.8. The standard InChI is InChI=1S/C19H29N5O2/c1-22(2)18(25)15-21-19(20-8-10-23-11-13-26-14-12-23)24-9-7-16-5-3-4-6-17(16)24/h3-6H,7-15H2,1-2H3,(H,20,21). The number of anilines is 1. The molecule has 142 valence electrons. The van der Waals surface area contributed by atoms with Gasteiger partial charge in [-0.3, -0.25) is 9.69 Å². The Morgan fingerprint density at radius 2 is 2.00 bits per heavy atom. The highest BCUT2D eigenvalue weighted by molar-refractivity contribution is 5.99. The van der Waals surface area contributed by atoms with Crippen molar-refractivity contribution < 1.29 is 9.53 Å². The number of morpholine rings is 1. The van der Waals surface area contributed by atoms with Crippen LogP contribution in [-0.2, 0) is 16.0 Å². The summed E-state index contributed by atoms with van der Waals surface area (Å²) in [6.45, 7) is 6.34. The minimum absolute atomic E-state index is 0.00459. The lowest BCUT2D eigenvalue weighted by Gasteiger charge is -2.28. The smallest absolute Gasteiger partial charge is 0.243 e. The molecule has 0 spiro atoms. The third-order valence-electron chi connectivity index (χ3n) is 4.82. The molecule has 0 bridgehead atoms. The molecule has 3 rings (SSSR count). The lowest BCUT2D eigenvalue weighted by atomic mass is 10.2. The molecule has 1 saturated heterocycles. The minimum Gasteiger partial charge on any atom is -0.379 e. The van der Waals surface area contributed by atoms with E-state index < -0.39 is 0 Å². The molecular formula is C19H29N5O2. The highest BCUT2D eigenvalue weighted by Gasteiger charge is 2.23. The van der Waals surface area contributed by atoms with Gasteiger partial charge in [0, 0.05) is 52.5 Å². The molecule has 1 N–H and O–H groups in total. The van der Waals surface area contributed by atoms with Gasteiger partial charge in [0.1, 0.15) is 6.54 Å². The van der Waals surface area contributed by atoms with Crippen LogP contribution in [0.3, 0.4) is 0 Å². The maximum atomic E-state index is 12.0. The number of benzene rings is 1. The molecule has 0 aromatic heterocycles. The van der Waals surface area contributed by atoms with Crippen LogP contribution in [-0.4, -0.2) is 88.2 Å². The van der Waals surface area contributed by atoms with Crippen LogP contribution in [0.4, 0.5) is 5.69 Å². The number of para-hydroxylation sites is 1. The fourth-order valence-corrected chi connectivity index (χ4v) is 3.23. The number of aliphatic imine (C=N–C) groups is 1. The average Bonchev–Trinajstić information content (AvgIpc) is 3.09. The second-order valence-corrected chi connectivity index (χ2v) is 6.84. The number of hydrogen-bond acceptors (Lipinski definition) is 4. The number of ether oxygens (including phenoxy) is 1. The largest absolute Gasteiger partial charge is 0.379 e. The van der Waals surface area contributed by atoms with Gasteiger partial charge in [0.25, 0.3) is 0 Å². The Kier molecular flexibility index (Phi) is 6.46. The van der Waals surface area contributed by atoms with E-state index in [-0.39, 0.29) is 12.5 Å². The van der Waals surface area contributed by atoms with Crippen LogP contribution < -0.4 is 10.2 Å². The van der Waals surface area contributed by atoms with E-state index in [2.05, 4.69) is 38.3 Å². The maximum absolute atomic E-state index is 12.0. The summed E-state index contributed by atoms with van der Waals surface area (Å²) in [7, 11) is 3.52. The predicted molar refractivity (Wildman–Crippen MR) is 104 cm³/mol. The Morgan fingerprint density at radius 3 is 2.77 bits per heavy atom. The van der Waals surface area contributed by atoms with Gasteiger partial charge < -0.3 is 19.9 Å². The Hall–Kier alpha value is -2.12. The Bertz CT molecular complexity index is 641. The van der Waals surface area contributed by atoms with Gasteiger partial charge in [-0.05, 0) is 18.1 Å². The second kappa shape index (κ2) is 9.00. The van der Waals surface area contributed by atoms with E-state index in [0.717, 1.165) is 58.3 Å². The lowest BCUT2D eigenvalue weighted by Crippen LogP contribution is -2.46. The molecule has 2 aliphatic heterocycles. The van der Waals surface area contributed by atoms with E-state index in [1.54, 1.807) is 19.0 Å². The van der Waals surface area contributed by atoms with E-state index in [4.69, 9.17) is 4.74 Å². The highest BCUT2D eigenvalue weighted by Crippen LogP contribution is 2.27. The number of rotatable bonds is 5. The van der Waals surface area contributed by atoms with E-state index in [1.807, 2.05) is 6.07 Å². The van der Waals surface area contributed by atoms with Crippen molar-refractivity contribution in [3.8, 4) is 0 Å². The molecule has 7 nitrogen and oxygen atoms in total. The summed E-state index contributed by atoms with van der Waals surface area (Å²) in [5, 5.41) is 3.47. The van der Waals surface area contributed by atoms with Crippen molar-refractivity contribution in [2.24, 2.45) is 4.99 Å². The van der Waals surface area contributed by atoms with Gasteiger partial charge in [-0.25, -0.2) is 4.99 Å². The molecule has 1 amide bonds. The number of carbonyl (C=O) groups is 1. The Balaban J connectivity index is 1.66. The minimum atomic E-state index is 0.00459. The Labute approximate surface area is 155 Å². The zero-order chi connectivity index (χ0) is 18.4. The van der Waals surface area contributed by atoms with Crippen LogP contribution in [0.2, 0.25) is 0 Å². The summed E-state index contributed by atoms with van der Waals surface area (Å²) in [5.41, 5.74) is 2.51. The molecular weight excluding hydrogens is 330 g/mol. The summed E-state index contributed by atoms with van der Waals surface area (Å²) in [4.78, 5) is 22.7. The normalized spacial score (nSPS) is 17.9. The lowest BCUT2D eigenvalue weighted by molar-refractivity contribution is -0.127. The fourth-order valence-electron chi connectivity index (χ4n) is 3.23. The van der Waals surface area contributed by atoms with Gasteiger partial charge in [0.2, 0.25) is 5.91 Å². The molecule has 0 unspecified atom stereocenters. The van der Waals surface area contributed by atoms with Crippen molar-refractivity contribution in [1.82, 2.24) is 15.1 Å². The summed E-state index contributed by atoms with van der Waals surface area (Å²) < 4.78 is 5.40. The van der Waals surface area contributed by atoms with Gasteiger partial charge in [-0.1, -0.05) is 18.2 Å². The van der Waals surface area contributed by atoms with Crippen molar-refractivity contribution in [2.75, 3.05) is 71.5 Å². The first-order chi connectivity index (χ1) is 12.6.